The molecule has 1 aromatic carbocycles. The highest BCUT2D eigenvalue weighted by atomic mass is 16.5. The Labute approximate surface area is 124 Å². The topological polar surface area (TPSA) is 69.2 Å². The van der Waals surface area contributed by atoms with Gasteiger partial charge in [-0.25, -0.2) is 0 Å². The highest BCUT2D eigenvalue weighted by Gasteiger charge is 2.11. The molecule has 112 valence electrons. The van der Waals surface area contributed by atoms with Gasteiger partial charge in [-0.1, -0.05) is 12.1 Å². The van der Waals surface area contributed by atoms with Gasteiger partial charge in [0.2, 0.25) is 5.95 Å². The minimum Gasteiger partial charge on any atom is -0.497 e. The van der Waals surface area contributed by atoms with Crippen LogP contribution in [-0.2, 0) is 0 Å². The van der Waals surface area contributed by atoms with E-state index < -0.39 is 0 Å². The molecular weight excluding hydrogens is 268 g/mol. The fourth-order valence-corrected chi connectivity index (χ4v) is 1.75. The Morgan fingerprint density at radius 3 is 2.67 bits per heavy atom. The number of nitrogens with zero attached hydrogens (tertiary/aromatic N) is 3. The molecule has 0 bridgehead atoms. The quantitative estimate of drug-likeness (QED) is 0.881. The Kier molecular flexibility index (Phi) is 4.92. The molecule has 6 nitrogen and oxygen atoms in total. The molecule has 0 spiro atoms. The molecule has 0 saturated carbocycles. The maximum atomic E-state index is 5.59. The summed E-state index contributed by atoms with van der Waals surface area (Å²) >= 11 is 0. The molecule has 0 aliphatic rings. The van der Waals surface area contributed by atoms with Crippen LogP contribution in [0.2, 0.25) is 0 Å². The van der Waals surface area contributed by atoms with Crippen LogP contribution in [0.25, 0.3) is 11.4 Å². The van der Waals surface area contributed by atoms with Crippen molar-refractivity contribution < 1.29 is 9.47 Å². The van der Waals surface area contributed by atoms with E-state index in [1.54, 1.807) is 7.11 Å². The highest BCUT2D eigenvalue weighted by Crippen LogP contribution is 2.23. The van der Waals surface area contributed by atoms with Crippen molar-refractivity contribution in [3.8, 4) is 23.1 Å². The fraction of sp³-hybridized carbons (Fsp3) is 0.400. The lowest BCUT2D eigenvalue weighted by atomic mass is 10.2. The van der Waals surface area contributed by atoms with E-state index in [9.17, 15) is 0 Å². The monoisotopic (exact) mass is 288 g/mol. The maximum Gasteiger partial charge on any atom is 0.322 e. The summed E-state index contributed by atoms with van der Waals surface area (Å²) in [6.45, 7) is 6.57. The van der Waals surface area contributed by atoms with Crippen molar-refractivity contribution in [2.24, 2.45) is 0 Å². The van der Waals surface area contributed by atoms with Gasteiger partial charge in [-0.15, -0.1) is 0 Å². The van der Waals surface area contributed by atoms with Gasteiger partial charge in [0.25, 0.3) is 0 Å². The standard InChI is InChI=1S/C15H20N4O2/c1-5-16-14-17-13(18-15(19-14)21-10(2)3)11-7-6-8-12(9-11)20-4/h6-10H,5H2,1-4H3,(H,16,17,18,19). The molecule has 0 fully saturated rings. The van der Waals surface area contributed by atoms with Gasteiger partial charge in [0.05, 0.1) is 13.2 Å². The molecule has 0 aliphatic heterocycles. The predicted molar refractivity (Wildman–Crippen MR) is 81.7 cm³/mol. The lowest BCUT2D eigenvalue weighted by Crippen LogP contribution is -2.12. The summed E-state index contributed by atoms with van der Waals surface area (Å²) in [6, 6.07) is 7.89. The van der Waals surface area contributed by atoms with Crippen LogP contribution in [0.5, 0.6) is 11.8 Å². The molecule has 1 aromatic heterocycles. The molecule has 1 N–H and O–H groups in total. The first-order chi connectivity index (χ1) is 10.1. The lowest BCUT2D eigenvalue weighted by Gasteiger charge is -2.11. The van der Waals surface area contributed by atoms with E-state index in [1.807, 2.05) is 45.0 Å². The number of anilines is 1. The first-order valence-corrected chi connectivity index (χ1v) is 6.93. The number of hydrogen-bond donors (Lipinski definition) is 1. The Balaban J connectivity index is 2.42. The molecule has 2 rings (SSSR count). The smallest absolute Gasteiger partial charge is 0.322 e. The zero-order valence-electron chi connectivity index (χ0n) is 12.8. The molecule has 0 radical (unpaired) electrons. The maximum absolute atomic E-state index is 5.59. The second kappa shape index (κ2) is 6.88. The van der Waals surface area contributed by atoms with Crippen molar-refractivity contribution in [1.82, 2.24) is 15.0 Å². The number of aromatic nitrogens is 3. The van der Waals surface area contributed by atoms with E-state index in [1.165, 1.54) is 0 Å². The van der Waals surface area contributed by atoms with Crippen molar-refractivity contribution in [3.05, 3.63) is 24.3 Å². The molecule has 1 heterocycles. The van der Waals surface area contributed by atoms with Crippen LogP contribution in [0.4, 0.5) is 5.95 Å². The first kappa shape index (κ1) is 15.0. The van der Waals surface area contributed by atoms with E-state index in [2.05, 4.69) is 20.3 Å². The minimum atomic E-state index is 0.0000333. The van der Waals surface area contributed by atoms with Gasteiger partial charge in [-0.05, 0) is 32.9 Å². The third kappa shape index (κ3) is 4.05. The van der Waals surface area contributed by atoms with Crippen LogP contribution in [0.1, 0.15) is 20.8 Å². The fourth-order valence-electron chi connectivity index (χ4n) is 1.75. The summed E-state index contributed by atoms with van der Waals surface area (Å²) in [5.41, 5.74) is 0.851. The summed E-state index contributed by atoms with van der Waals surface area (Å²) < 4.78 is 10.8. The predicted octanol–water partition coefficient (Wildman–Crippen LogP) is 2.77. The van der Waals surface area contributed by atoms with Crippen LogP contribution in [-0.4, -0.2) is 34.7 Å². The van der Waals surface area contributed by atoms with Crippen LogP contribution >= 0.6 is 0 Å². The average molecular weight is 288 g/mol. The lowest BCUT2D eigenvalue weighted by molar-refractivity contribution is 0.222. The number of hydrogen-bond acceptors (Lipinski definition) is 6. The normalized spacial score (nSPS) is 10.5. The van der Waals surface area contributed by atoms with Crippen LogP contribution in [0, 0.1) is 0 Å². The number of methoxy groups -OCH3 is 1. The molecule has 0 aliphatic carbocycles. The minimum absolute atomic E-state index is 0.0000333. The number of rotatable bonds is 6. The third-order valence-corrected chi connectivity index (χ3v) is 2.62. The number of benzene rings is 1. The summed E-state index contributed by atoms with van der Waals surface area (Å²) in [7, 11) is 1.63. The van der Waals surface area contributed by atoms with E-state index >= 15 is 0 Å². The van der Waals surface area contributed by atoms with Crippen molar-refractivity contribution in [1.29, 1.82) is 0 Å². The van der Waals surface area contributed by atoms with E-state index in [0.29, 0.717) is 17.8 Å². The highest BCUT2D eigenvalue weighted by molar-refractivity contribution is 5.58. The van der Waals surface area contributed by atoms with Gasteiger partial charge in [0.1, 0.15) is 5.75 Å². The van der Waals surface area contributed by atoms with Gasteiger partial charge in [-0.3, -0.25) is 0 Å². The second-order valence-corrected chi connectivity index (χ2v) is 4.69. The average Bonchev–Trinajstić information content (AvgIpc) is 2.46. The van der Waals surface area contributed by atoms with Gasteiger partial charge >= 0.3 is 6.01 Å². The summed E-state index contributed by atoms with van der Waals surface area (Å²) in [4.78, 5) is 13.0. The Morgan fingerprint density at radius 2 is 2.00 bits per heavy atom. The second-order valence-electron chi connectivity index (χ2n) is 4.69. The summed E-state index contributed by atoms with van der Waals surface area (Å²) in [6.07, 6.45) is 0.0000333. The van der Waals surface area contributed by atoms with Crippen molar-refractivity contribution >= 4 is 5.95 Å². The molecule has 21 heavy (non-hydrogen) atoms. The van der Waals surface area contributed by atoms with Crippen LogP contribution in [0.15, 0.2) is 24.3 Å². The van der Waals surface area contributed by atoms with Gasteiger partial charge in [0.15, 0.2) is 5.82 Å². The van der Waals surface area contributed by atoms with Gasteiger partial charge in [0, 0.05) is 12.1 Å². The number of nitrogens with one attached hydrogen (secondary N) is 1. The Hall–Kier alpha value is -2.37. The van der Waals surface area contributed by atoms with Gasteiger partial charge < -0.3 is 14.8 Å². The molecule has 0 atom stereocenters. The van der Waals surface area contributed by atoms with Crippen LogP contribution in [0.3, 0.4) is 0 Å². The summed E-state index contributed by atoms with van der Waals surface area (Å²) in [5, 5.41) is 3.09. The Morgan fingerprint density at radius 1 is 1.19 bits per heavy atom. The zero-order valence-corrected chi connectivity index (χ0v) is 12.8. The van der Waals surface area contributed by atoms with E-state index in [4.69, 9.17) is 9.47 Å². The van der Waals surface area contributed by atoms with Crippen LogP contribution < -0.4 is 14.8 Å². The molecule has 0 unspecified atom stereocenters. The van der Waals surface area contributed by atoms with Crippen molar-refractivity contribution in [2.75, 3.05) is 19.0 Å². The van der Waals surface area contributed by atoms with Gasteiger partial charge in [-0.2, -0.15) is 15.0 Å². The molecule has 0 amide bonds. The summed E-state index contributed by atoms with van der Waals surface area (Å²) in [5.74, 6) is 1.81. The zero-order chi connectivity index (χ0) is 15.2. The molecular formula is C15H20N4O2. The molecule has 0 saturated heterocycles. The van der Waals surface area contributed by atoms with Crippen molar-refractivity contribution in [2.45, 2.75) is 26.9 Å². The number of ether oxygens (including phenoxy) is 2. The molecule has 6 heteroatoms. The van der Waals surface area contributed by atoms with Crippen molar-refractivity contribution in [3.63, 3.8) is 0 Å². The van der Waals surface area contributed by atoms with E-state index in [-0.39, 0.29) is 6.10 Å². The Bertz CT molecular complexity index is 602. The SMILES string of the molecule is CCNc1nc(OC(C)C)nc(-c2cccc(OC)c2)n1. The van der Waals surface area contributed by atoms with E-state index in [0.717, 1.165) is 17.9 Å². The first-order valence-electron chi connectivity index (χ1n) is 6.93. The largest absolute Gasteiger partial charge is 0.497 e. The molecule has 2 aromatic rings. The third-order valence-electron chi connectivity index (χ3n) is 2.62.